The van der Waals surface area contributed by atoms with Gasteiger partial charge in [0.2, 0.25) is 17.5 Å². The van der Waals surface area contributed by atoms with E-state index >= 15 is 0 Å². The average Bonchev–Trinajstić information content (AvgIpc) is 2.83. The minimum atomic E-state index is -1.07. The smallest absolute Gasteiger partial charge is 0.241 e. The molecule has 35 heavy (non-hydrogen) atoms. The summed E-state index contributed by atoms with van der Waals surface area (Å²) in [5.74, 6) is -2.18. The molecule has 184 valence electrons. The highest BCUT2D eigenvalue weighted by molar-refractivity contribution is 6.26. The Morgan fingerprint density at radius 1 is 0.829 bits per heavy atom. The highest BCUT2D eigenvalue weighted by atomic mass is 16.5. The van der Waals surface area contributed by atoms with Gasteiger partial charge in [-0.1, -0.05) is 0 Å². The fourth-order valence-electron chi connectivity index (χ4n) is 6.39. The Kier molecular flexibility index (Phi) is 5.22. The molecule has 0 unspecified atom stereocenters. The van der Waals surface area contributed by atoms with Gasteiger partial charge in [-0.3, -0.25) is 28.9 Å². The fraction of sp³-hybridized carbons (Fsp3) is 0.480. The molecule has 0 radical (unpaired) electrons. The van der Waals surface area contributed by atoms with E-state index in [9.17, 15) is 29.1 Å². The SMILES string of the molecule is COC1=C(C)C(=O)C2=C(C1=O)[C@@H](CO)N1C(=O)[C@H]3CC4=C(C(=O)C(OC)=C(C)C4=O)[C@@H]([C@H]1C2)N3C. The molecule has 0 aromatic carbocycles. The number of nitrogens with zero attached hydrogens (tertiary/aromatic N) is 2. The summed E-state index contributed by atoms with van der Waals surface area (Å²) in [7, 11) is 4.34. The van der Waals surface area contributed by atoms with Crippen LogP contribution in [0.25, 0.3) is 0 Å². The Bertz CT molecular complexity index is 1270. The number of carbonyl (C=O) groups excluding carboxylic acids is 5. The first-order valence-corrected chi connectivity index (χ1v) is 11.4. The quantitative estimate of drug-likeness (QED) is 0.542. The molecule has 3 aliphatic heterocycles. The van der Waals surface area contributed by atoms with Crippen LogP contribution < -0.4 is 0 Å². The first kappa shape index (κ1) is 23.4. The molecular formula is C25H26N2O8. The van der Waals surface area contributed by atoms with Crippen LogP contribution in [-0.2, 0) is 33.4 Å². The minimum Gasteiger partial charge on any atom is -0.492 e. The van der Waals surface area contributed by atoms with Crippen LogP contribution in [0.5, 0.6) is 0 Å². The standard InChI is InChI=1S/C25H26N2O8/c1-9-19(29)11-6-13-18-17-12(20(30)10(2)24(35-5)22(17)32)7-14(26(18)3)25(33)27(13)15(8-28)16(11)21(31)23(9)34-4/h13-15,18,28H,6-8H2,1-5H3/t13-,14-,15-,18-/m1/s1. The van der Waals surface area contributed by atoms with Crippen LogP contribution in [0.1, 0.15) is 26.7 Å². The molecule has 2 bridgehead atoms. The number of hydrogen-bond donors (Lipinski definition) is 1. The van der Waals surface area contributed by atoms with E-state index in [0.717, 1.165) is 0 Å². The van der Waals surface area contributed by atoms with Crippen molar-refractivity contribution in [2.75, 3.05) is 27.9 Å². The predicted molar refractivity (Wildman–Crippen MR) is 120 cm³/mol. The number of allylic oxidation sites excluding steroid dienone is 4. The number of hydrogen-bond acceptors (Lipinski definition) is 9. The van der Waals surface area contributed by atoms with Crippen LogP contribution in [0.15, 0.2) is 45.0 Å². The van der Waals surface area contributed by atoms with Crippen molar-refractivity contribution in [3.05, 3.63) is 45.0 Å². The summed E-state index contributed by atoms with van der Waals surface area (Å²) in [6, 6.07) is -3.28. The highest BCUT2D eigenvalue weighted by Gasteiger charge is 2.59. The first-order valence-electron chi connectivity index (χ1n) is 11.4. The number of fused-ring (bicyclic) bond motifs is 5. The number of ether oxygens (including phenoxy) is 2. The fourth-order valence-corrected chi connectivity index (χ4v) is 6.39. The lowest BCUT2D eigenvalue weighted by atomic mass is 9.69. The summed E-state index contributed by atoms with van der Waals surface area (Å²) < 4.78 is 10.5. The van der Waals surface area contributed by atoms with Crippen molar-refractivity contribution < 1.29 is 38.6 Å². The van der Waals surface area contributed by atoms with E-state index in [2.05, 4.69) is 0 Å². The Balaban J connectivity index is 1.70. The van der Waals surface area contributed by atoms with Crippen LogP contribution in [0, 0.1) is 0 Å². The molecule has 1 saturated heterocycles. The third kappa shape index (κ3) is 2.80. The molecule has 5 aliphatic rings. The van der Waals surface area contributed by atoms with Crippen molar-refractivity contribution in [3.8, 4) is 0 Å². The van der Waals surface area contributed by atoms with Crippen LogP contribution in [0.2, 0.25) is 0 Å². The van der Waals surface area contributed by atoms with E-state index in [4.69, 9.17) is 9.47 Å². The third-order valence-corrected chi connectivity index (χ3v) is 8.01. The Morgan fingerprint density at radius 3 is 1.86 bits per heavy atom. The van der Waals surface area contributed by atoms with Gasteiger partial charge in [0, 0.05) is 39.9 Å². The zero-order valence-electron chi connectivity index (χ0n) is 20.1. The van der Waals surface area contributed by atoms with Gasteiger partial charge in [0.05, 0.1) is 45.0 Å². The van der Waals surface area contributed by atoms with Crippen molar-refractivity contribution in [1.29, 1.82) is 0 Å². The second-order valence-corrected chi connectivity index (χ2v) is 9.46. The Morgan fingerprint density at radius 2 is 1.34 bits per heavy atom. The molecule has 5 rings (SSSR count). The van der Waals surface area contributed by atoms with E-state index < -0.39 is 48.1 Å². The minimum absolute atomic E-state index is 0.00146. The molecule has 0 aromatic heterocycles. The number of amides is 1. The molecule has 0 spiro atoms. The van der Waals surface area contributed by atoms with Crippen LogP contribution >= 0.6 is 0 Å². The van der Waals surface area contributed by atoms with E-state index in [0.29, 0.717) is 5.57 Å². The van der Waals surface area contributed by atoms with Crippen molar-refractivity contribution in [3.63, 3.8) is 0 Å². The van der Waals surface area contributed by atoms with Crippen molar-refractivity contribution in [2.24, 2.45) is 0 Å². The number of likely N-dealkylation sites (N-methyl/N-ethyl adjacent to an activating group) is 1. The van der Waals surface area contributed by atoms with Crippen LogP contribution in [0.3, 0.4) is 0 Å². The molecule has 3 heterocycles. The Labute approximate surface area is 201 Å². The summed E-state index contributed by atoms with van der Waals surface area (Å²) in [4.78, 5) is 70.2. The number of rotatable bonds is 3. The van der Waals surface area contributed by atoms with Crippen LogP contribution in [0.4, 0.5) is 0 Å². The predicted octanol–water partition coefficient (Wildman–Crippen LogP) is -0.228. The number of piperazine rings is 1. The topological polar surface area (TPSA) is 131 Å². The molecule has 1 amide bonds. The van der Waals surface area contributed by atoms with Gasteiger partial charge in [-0.15, -0.1) is 0 Å². The van der Waals surface area contributed by atoms with Gasteiger partial charge in [-0.05, 0) is 27.3 Å². The molecule has 10 nitrogen and oxygen atoms in total. The molecule has 1 fully saturated rings. The van der Waals surface area contributed by atoms with Gasteiger partial charge in [0.15, 0.2) is 23.1 Å². The lowest BCUT2D eigenvalue weighted by molar-refractivity contribution is -0.155. The van der Waals surface area contributed by atoms with Crippen molar-refractivity contribution in [1.82, 2.24) is 9.80 Å². The number of aliphatic hydroxyl groups excluding tert-OH is 1. The monoisotopic (exact) mass is 482 g/mol. The molecule has 0 aromatic rings. The zero-order chi connectivity index (χ0) is 25.5. The molecule has 2 aliphatic carbocycles. The zero-order valence-corrected chi connectivity index (χ0v) is 20.1. The first-order chi connectivity index (χ1) is 16.6. The second kappa shape index (κ2) is 7.82. The number of methoxy groups -OCH3 is 2. The maximum Gasteiger partial charge on any atom is 0.241 e. The third-order valence-electron chi connectivity index (χ3n) is 8.01. The summed E-state index contributed by atoms with van der Waals surface area (Å²) in [6.45, 7) is 2.44. The lowest BCUT2D eigenvalue weighted by Gasteiger charge is -2.57. The number of Topliss-reactive ketones (excluding diaryl/α,β-unsaturated/α-hetero) is 4. The molecular weight excluding hydrogens is 456 g/mol. The summed E-state index contributed by atoms with van der Waals surface area (Å²) >= 11 is 0. The van der Waals surface area contributed by atoms with E-state index in [1.165, 1.54) is 33.0 Å². The van der Waals surface area contributed by atoms with Crippen molar-refractivity contribution in [2.45, 2.75) is 50.9 Å². The largest absolute Gasteiger partial charge is 0.492 e. The van der Waals surface area contributed by atoms with Gasteiger partial charge >= 0.3 is 0 Å². The van der Waals surface area contributed by atoms with E-state index in [-0.39, 0.29) is 63.9 Å². The maximum absolute atomic E-state index is 13.7. The van der Waals surface area contributed by atoms with Gasteiger partial charge in [-0.25, -0.2) is 0 Å². The number of ketones is 4. The molecule has 4 atom stereocenters. The summed E-state index contributed by atoms with van der Waals surface area (Å²) in [5.41, 5.74) is 1.15. The molecule has 0 saturated carbocycles. The maximum atomic E-state index is 13.7. The molecule has 1 N–H and O–H groups in total. The lowest BCUT2D eigenvalue weighted by Crippen LogP contribution is -2.73. The highest BCUT2D eigenvalue weighted by Crippen LogP contribution is 2.47. The summed E-state index contributed by atoms with van der Waals surface area (Å²) in [6.07, 6.45) is 0.0318. The summed E-state index contributed by atoms with van der Waals surface area (Å²) in [5, 5.41) is 10.4. The van der Waals surface area contributed by atoms with Gasteiger partial charge in [-0.2, -0.15) is 0 Å². The number of carbonyl (C=O) groups is 5. The number of aliphatic hydroxyl groups is 1. The normalized spacial score (nSPS) is 31.3. The van der Waals surface area contributed by atoms with E-state index in [1.807, 2.05) is 0 Å². The van der Waals surface area contributed by atoms with Gasteiger partial charge in [0.1, 0.15) is 0 Å². The van der Waals surface area contributed by atoms with Crippen molar-refractivity contribution >= 4 is 29.0 Å². The molecule has 10 heteroatoms. The second-order valence-electron chi connectivity index (χ2n) is 9.46. The van der Waals surface area contributed by atoms with Gasteiger partial charge in [0.25, 0.3) is 0 Å². The van der Waals surface area contributed by atoms with E-state index in [1.54, 1.807) is 11.9 Å². The van der Waals surface area contributed by atoms with Crippen LogP contribution in [-0.4, -0.2) is 96.0 Å². The average molecular weight is 482 g/mol. The van der Waals surface area contributed by atoms with Gasteiger partial charge < -0.3 is 19.5 Å². The Hall–Kier alpha value is -3.37.